The van der Waals surface area contributed by atoms with E-state index in [9.17, 15) is 4.79 Å². The smallest absolute Gasteiger partial charge is 0.228 e. The zero-order chi connectivity index (χ0) is 14.4. The molecule has 3 aliphatic carbocycles. The van der Waals surface area contributed by atoms with E-state index in [-0.39, 0.29) is 18.4 Å². The van der Waals surface area contributed by atoms with Crippen molar-refractivity contribution < 1.29 is 9.90 Å². The molecule has 0 saturated heterocycles. The number of fused-ring (bicyclic) bond motifs is 5. The van der Waals surface area contributed by atoms with Crippen LogP contribution in [0.3, 0.4) is 0 Å². The summed E-state index contributed by atoms with van der Waals surface area (Å²) in [6, 6.07) is 8.05. The molecule has 21 heavy (non-hydrogen) atoms. The predicted octanol–water partition coefficient (Wildman–Crippen LogP) is 2.84. The van der Waals surface area contributed by atoms with Crippen LogP contribution in [0.2, 0.25) is 0 Å². The molecule has 4 atom stereocenters. The molecule has 4 unspecified atom stereocenters. The van der Waals surface area contributed by atoms with E-state index in [0.717, 1.165) is 30.4 Å². The molecule has 1 aromatic rings. The Hall–Kier alpha value is -1.35. The molecule has 3 saturated carbocycles. The first kappa shape index (κ1) is 13.3. The Balaban J connectivity index is 1.39. The van der Waals surface area contributed by atoms with Crippen LogP contribution < -0.4 is 5.32 Å². The molecule has 3 aliphatic rings. The van der Waals surface area contributed by atoms with E-state index in [0.29, 0.717) is 11.8 Å². The molecule has 3 nitrogen and oxygen atoms in total. The minimum atomic E-state index is 0.213. The maximum absolute atomic E-state index is 12.5. The predicted molar refractivity (Wildman–Crippen MR) is 81.8 cm³/mol. The largest absolute Gasteiger partial charge is 0.396 e. The first-order valence-corrected chi connectivity index (χ1v) is 8.28. The highest BCUT2D eigenvalue weighted by Crippen LogP contribution is 2.69. The van der Waals surface area contributed by atoms with E-state index in [1.165, 1.54) is 24.8 Å². The third-order valence-electron chi connectivity index (χ3n) is 5.86. The Morgan fingerprint density at radius 3 is 2.71 bits per heavy atom. The van der Waals surface area contributed by atoms with Crippen molar-refractivity contribution in [3.05, 3.63) is 29.8 Å². The SMILES string of the molecule is O=C(Nc1cccc(CCCO)c1)C1C2C3CCC(C3)C12. The molecule has 0 heterocycles. The van der Waals surface area contributed by atoms with Crippen LogP contribution in [0.5, 0.6) is 0 Å². The number of aryl methyl sites for hydroxylation is 1. The second-order valence-electron chi connectivity index (χ2n) is 7.03. The number of amides is 1. The Kier molecular flexibility index (Phi) is 3.26. The normalized spacial score (nSPS) is 35.6. The Morgan fingerprint density at radius 1 is 1.24 bits per heavy atom. The average molecular weight is 285 g/mol. The number of nitrogens with one attached hydrogen (secondary N) is 1. The fourth-order valence-corrected chi connectivity index (χ4v) is 4.99. The highest BCUT2D eigenvalue weighted by molar-refractivity contribution is 5.95. The van der Waals surface area contributed by atoms with Gasteiger partial charge in [-0.25, -0.2) is 0 Å². The zero-order valence-electron chi connectivity index (χ0n) is 12.3. The lowest BCUT2D eigenvalue weighted by Gasteiger charge is -2.10. The molecular formula is C18H23NO2. The number of hydrogen-bond acceptors (Lipinski definition) is 2. The van der Waals surface area contributed by atoms with Crippen LogP contribution in [0.1, 0.15) is 31.2 Å². The second-order valence-corrected chi connectivity index (χ2v) is 7.03. The summed E-state index contributed by atoms with van der Waals surface area (Å²) in [7, 11) is 0. The van der Waals surface area contributed by atoms with Gasteiger partial charge < -0.3 is 10.4 Å². The quantitative estimate of drug-likeness (QED) is 0.874. The molecule has 3 heteroatoms. The molecule has 1 amide bonds. The number of carbonyl (C=O) groups is 1. The fourth-order valence-electron chi connectivity index (χ4n) is 4.99. The van der Waals surface area contributed by atoms with Gasteiger partial charge >= 0.3 is 0 Å². The lowest BCUT2D eigenvalue weighted by molar-refractivity contribution is -0.118. The molecule has 112 valence electrons. The lowest BCUT2D eigenvalue weighted by atomic mass is 10.0. The number of carbonyl (C=O) groups excluding carboxylic acids is 1. The molecule has 2 N–H and O–H groups in total. The van der Waals surface area contributed by atoms with Crippen molar-refractivity contribution >= 4 is 11.6 Å². The van der Waals surface area contributed by atoms with Gasteiger partial charge in [-0.2, -0.15) is 0 Å². The van der Waals surface area contributed by atoms with Crippen molar-refractivity contribution in [1.29, 1.82) is 0 Å². The Morgan fingerprint density at radius 2 is 2.00 bits per heavy atom. The summed E-state index contributed by atoms with van der Waals surface area (Å²) in [5.41, 5.74) is 2.09. The maximum atomic E-state index is 12.5. The van der Waals surface area contributed by atoms with Gasteiger partial charge in [0, 0.05) is 18.2 Å². The van der Waals surface area contributed by atoms with Crippen molar-refractivity contribution in [3.63, 3.8) is 0 Å². The monoisotopic (exact) mass is 285 g/mol. The minimum absolute atomic E-state index is 0.213. The van der Waals surface area contributed by atoms with E-state index in [2.05, 4.69) is 11.4 Å². The second kappa shape index (κ2) is 5.13. The summed E-state index contributed by atoms with van der Waals surface area (Å²) in [4.78, 5) is 12.5. The molecule has 0 spiro atoms. The molecule has 1 aromatic carbocycles. The third-order valence-corrected chi connectivity index (χ3v) is 5.86. The number of aliphatic hydroxyl groups is 1. The van der Waals surface area contributed by atoms with Crippen LogP contribution in [0.25, 0.3) is 0 Å². The molecule has 4 rings (SSSR count). The van der Waals surface area contributed by atoms with Crippen molar-refractivity contribution in [2.24, 2.45) is 29.6 Å². The standard InChI is InChI=1S/C18H23NO2/c20-8-2-4-11-3-1-5-14(9-11)19-18(21)17-15-12-6-7-13(10-12)16(15)17/h1,3,5,9,12-13,15-17,20H,2,4,6-8,10H2,(H,19,21). The van der Waals surface area contributed by atoms with Gasteiger partial charge in [0.15, 0.2) is 0 Å². The zero-order valence-corrected chi connectivity index (χ0v) is 12.3. The first-order chi connectivity index (χ1) is 10.3. The van der Waals surface area contributed by atoms with Crippen molar-refractivity contribution in [2.45, 2.75) is 32.1 Å². The van der Waals surface area contributed by atoms with Gasteiger partial charge in [0.1, 0.15) is 0 Å². The van der Waals surface area contributed by atoms with Crippen LogP contribution in [0.15, 0.2) is 24.3 Å². The van der Waals surface area contributed by atoms with Gasteiger partial charge in [0.2, 0.25) is 5.91 Å². The highest BCUT2D eigenvalue weighted by atomic mass is 16.2. The maximum Gasteiger partial charge on any atom is 0.228 e. The summed E-state index contributed by atoms with van der Waals surface area (Å²) < 4.78 is 0. The highest BCUT2D eigenvalue weighted by Gasteiger charge is 2.67. The molecule has 0 radical (unpaired) electrons. The molecule has 0 aliphatic heterocycles. The van der Waals surface area contributed by atoms with Crippen LogP contribution in [-0.2, 0) is 11.2 Å². The third kappa shape index (κ3) is 2.28. The summed E-state index contributed by atoms with van der Waals surface area (Å²) >= 11 is 0. The van der Waals surface area contributed by atoms with Crippen molar-refractivity contribution in [2.75, 3.05) is 11.9 Å². The van der Waals surface area contributed by atoms with E-state index in [4.69, 9.17) is 5.11 Å². The number of anilines is 1. The van der Waals surface area contributed by atoms with Crippen LogP contribution in [0, 0.1) is 29.6 Å². The summed E-state index contributed by atoms with van der Waals surface area (Å²) in [5, 5.41) is 12.0. The number of aliphatic hydroxyl groups excluding tert-OH is 1. The number of hydrogen-bond donors (Lipinski definition) is 2. The average Bonchev–Trinajstić information content (AvgIpc) is 2.94. The van der Waals surface area contributed by atoms with Gasteiger partial charge in [-0.15, -0.1) is 0 Å². The van der Waals surface area contributed by atoms with Gasteiger partial charge in [-0.05, 0) is 73.5 Å². The van der Waals surface area contributed by atoms with Gasteiger partial charge in [0.05, 0.1) is 0 Å². The minimum Gasteiger partial charge on any atom is -0.396 e. The Labute approximate surface area is 125 Å². The molecular weight excluding hydrogens is 262 g/mol. The van der Waals surface area contributed by atoms with Gasteiger partial charge in [0.25, 0.3) is 0 Å². The number of rotatable bonds is 5. The molecule has 2 bridgehead atoms. The summed E-state index contributed by atoms with van der Waals surface area (Å²) in [6.07, 6.45) is 5.72. The van der Waals surface area contributed by atoms with Gasteiger partial charge in [-0.3, -0.25) is 4.79 Å². The van der Waals surface area contributed by atoms with E-state index >= 15 is 0 Å². The fraction of sp³-hybridized carbons (Fsp3) is 0.611. The van der Waals surface area contributed by atoms with Crippen molar-refractivity contribution in [1.82, 2.24) is 0 Å². The van der Waals surface area contributed by atoms with E-state index < -0.39 is 0 Å². The van der Waals surface area contributed by atoms with Gasteiger partial charge in [-0.1, -0.05) is 12.1 Å². The van der Waals surface area contributed by atoms with E-state index in [1.807, 2.05) is 18.2 Å². The lowest BCUT2D eigenvalue weighted by Crippen LogP contribution is -2.18. The topological polar surface area (TPSA) is 49.3 Å². The Bertz CT molecular complexity index is 540. The van der Waals surface area contributed by atoms with Crippen molar-refractivity contribution in [3.8, 4) is 0 Å². The first-order valence-electron chi connectivity index (χ1n) is 8.28. The summed E-state index contributed by atoms with van der Waals surface area (Å²) in [6.45, 7) is 0.213. The molecule has 3 fully saturated rings. The van der Waals surface area contributed by atoms with Crippen LogP contribution in [-0.4, -0.2) is 17.6 Å². The number of benzene rings is 1. The van der Waals surface area contributed by atoms with Crippen LogP contribution >= 0.6 is 0 Å². The van der Waals surface area contributed by atoms with E-state index in [1.54, 1.807) is 0 Å². The summed E-state index contributed by atoms with van der Waals surface area (Å²) in [5.74, 6) is 3.60. The van der Waals surface area contributed by atoms with Crippen LogP contribution in [0.4, 0.5) is 5.69 Å². The molecule has 0 aromatic heterocycles.